The summed E-state index contributed by atoms with van der Waals surface area (Å²) in [5.74, 6) is 0.871. The van der Waals surface area contributed by atoms with E-state index in [1.165, 1.54) is 36.0 Å². The molecule has 2 fully saturated rings. The van der Waals surface area contributed by atoms with Crippen LogP contribution in [0.1, 0.15) is 24.4 Å². The van der Waals surface area contributed by atoms with Gasteiger partial charge in [-0.3, -0.25) is 4.90 Å². The van der Waals surface area contributed by atoms with E-state index in [-0.39, 0.29) is 24.8 Å². The predicted octanol–water partition coefficient (Wildman–Crippen LogP) is 4.41. The molecule has 3 rings (SSSR count). The zero-order valence-corrected chi connectivity index (χ0v) is 16.0. The van der Waals surface area contributed by atoms with E-state index < -0.39 is 0 Å². The Labute approximate surface area is 150 Å². The summed E-state index contributed by atoms with van der Waals surface area (Å²) in [7, 11) is 0. The molecule has 1 atom stereocenters. The summed E-state index contributed by atoms with van der Waals surface area (Å²) in [4.78, 5) is 2.66. The van der Waals surface area contributed by atoms with Gasteiger partial charge in [0.15, 0.2) is 0 Å². The van der Waals surface area contributed by atoms with Gasteiger partial charge in [-0.2, -0.15) is 0 Å². The van der Waals surface area contributed by atoms with Crippen LogP contribution in [0.2, 0.25) is 0 Å². The minimum atomic E-state index is 0. The van der Waals surface area contributed by atoms with Crippen LogP contribution in [0.5, 0.6) is 0 Å². The molecule has 0 radical (unpaired) electrons. The van der Waals surface area contributed by atoms with Crippen molar-refractivity contribution in [1.82, 2.24) is 10.2 Å². The Morgan fingerprint density at radius 1 is 1.05 bits per heavy atom. The molecular formula is C14H20Br2Cl2N2. The van der Waals surface area contributed by atoms with Gasteiger partial charge in [0.05, 0.1) is 0 Å². The van der Waals surface area contributed by atoms with Crippen LogP contribution in [0.25, 0.3) is 0 Å². The van der Waals surface area contributed by atoms with Crippen LogP contribution in [0.3, 0.4) is 0 Å². The number of rotatable bonds is 3. The van der Waals surface area contributed by atoms with Gasteiger partial charge in [-0.25, -0.2) is 0 Å². The summed E-state index contributed by atoms with van der Waals surface area (Å²) in [5, 5.41) is 3.44. The molecule has 20 heavy (non-hydrogen) atoms. The third-order valence-corrected chi connectivity index (χ3v) is 5.78. The summed E-state index contributed by atoms with van der Waals surface area (Å²) in [5.41, 5.74) is 1.47. The molecular weight excluding hydrogens is 427 g/mol. The monoisotopic (exact) mass is 444 g/mol. The van der Waals surface area contributed by atoms with Crippen molar-refractivity contribution in [3.8, 4) is 0 Å². The first-order chi connectivity index (χ1) is 8.75. The Bertz CT molecular complexity index is 435. The summed E-state index contributed by atoms with van der Waals surface area (Å²) in [6.45, 7) is 4.60. The lowest BCUT2D eigenvalue weighted by Crippen LogP contribution is -2.45. The Morgan fingerprint density at radius 2 is 1.70 bits per heavy atom. The van der Waals surface area contributed by atoms with Crippen molar-refractivity contribution in [2.24, 2.45) is 5.92 Å². The Hall–Kier alpha value is 0.680. The zero-order chi connectivity index (χ0) is 12.5. The van der Waals surface area contributed by atoms with Crippen molar-refractivity contribution >= 4 is 56.7 Å². The van der Waals surface area contributed by atoms with Gasteiger partial charge in [-0.1, -0.05) is 6.07 Å². The molecule has 2 aliphatic rings. The second kappa shape index (κ2) is 8.35. The molecule has 0 bridgehead atoms. The van der Waals surface area contributed by atoms with Crippen LogP contribution in [0.4, 0.5) is 0 Å². The summed E-state index contributed by atoms with van der Waals surface area (Å²) < 4.78 is 2.31. The number of nitrogens with one attached hydrogen (secondary N) is 1. The molecule has 1 aliphatic heterocycles. The van der Waals surface area contributed by atoms with Crippen LogP contribution >= 0.6 is 56.7 Å². The molecule has 1 saturated carbocycles. The average Bonchev–Trinajstić information content (AvgIpc) is 3.20. The van der Waals surface area contributed by atoms with Gasteiger partial charge >= 0.3 is 0 Å². The number of halogens is 4. The standard InChI is InChI=1S/C14H18Br2N2.2ClH/c15-12-4-3-11(9-13(12)16)14(10-1-2-10)18-7-5-17-6-8-18;;/h3-4,9-10,14,17H,1-2,5-8H2;2*1H/t14-;;/m0../s1. The van der Waals surface area contributed by atoms with Gasteiger partial charge in [-0.05, 0) is 68.3 Å². The van der Waals surface area contributed by atoms with E-state index in [4.69, 9.17) is 0 Å². The van der Waals surface area contributed by atoms with E-state index in [9.17, 15) is 0 Å². The van der Waals surface area contributed by atoms with Crippen LogP contribution < -0.4 is 5.32 Å². The second-order valence-corrected chi connectivity index (χ2v) is 6.95. The van der Waals surface area contributed by atoms with Gasteiger partial charge in [-0.15, -0.1) is 24.8 Å². The number of hydrogen-bond acceptors (Lipinski definition) is 2. The molecule has 1 heterocycles. The number of benzene rings is 1. The summed E-state index contributed by atoms with van der Waals surface area (Å²) >= 11 is 7.19. The van der Waals surface area contributed by atoms with E-state index >= 15 is 0 Å². The predicted molar refractivity (Wildman–Crippen MR) is 96.2 cm³/mol. The quantitative estimate of drug-likeness (QED) is 0.739. The van der Waals surface area contributed by atoms with E-state index in [2.05, 4.69) is 60.3 Å². The smallest absolute Gasteiger partial charge is 0.0377 e. The normalized spacial score (nSPS) is 20.7. The van der Waals surface area contributed by atoms with E-state index in [0.29, 0.717) is 6.04 Å². The number of nitrogens with zero attached hydrogens (tertiary/aromatic N) is 1. The Balaban J connectivity index is 0.000001000. The fourth-order valence-corrected chi connectivity index (χ4v) is 3.49. The van der Waals surface area contributed by atoms with Crippen molar-refractivity contribution in [2.75, 3.05) is 26.2 Å². The van der Waals surface area contributed by atoms with E-state index in [1.807, 2.05) is 0 Å². The highest BCUT2D eigenvalue weighted by Gasteiger charge is 2.36. The minimum absolute atomic E-state index is 0. The molecule has 1 aromatic carbocycles. The molecule has 114 valence electrons. The molecule has 0 amide bonds. The first-order valence-corrected chi connectivity index (χ1v) is 8.24. The lowest BCUT2D eigenvalue weighted by molar-refractivity contribution is 0.156. The van der Waals surface area contributed by atoms with Gasteiger partial charge in [0.25, 0.3) is 0 Å². The van der Waals surface area contributed by atoms with Crippen molar-refractivity contribution in [3.05, 3.63) is 32.7 Å². The topological polar surface area (TPSA) is 15.3 Å². The molecule has 2 nitrogen and oxygen atoms in total. The fraction of sp³-hybridized carbons (Fsp3) is 0.571. The second-order valence-electron chi connectivity index (χ2n) is 5.24. The van der Waals surface area contributed by atoms with Crippen LogP contribution in [0, 0.1) is 5.92 Å². The number of piperazine rings is 1. The van der Waals surface area contributed by atoms with Crippen molar-refractivity contribution in [3.63, 3.8) is 0 Å². The Morgan fingerprint density at radius 3 is 2.25 bits per heavy atom. The van der Waals surface area contributed by atoms with Gasteiger partial charge < -0.3 is 5.32 Å². The lowest BCUT2D eigenvalue weighted by atomic mass is 10.00. The van der Waals surface area contributed by atoms with Crippen molar-refractivity contribution < 1.29 is 0 Å². The minimum Gasteiger partial charge on any atom is -0.314 e. The molecule has 1 saturated heterocycles. The molecule has 0 spiro atoms. The SMILES string of the molecule is Brc1ccc([C@H](C2CC2)N2CCNCC2)cc1Br.Cl.Cl. The lowest BCUT2D eigenvalue weighted by Gasteiger charge is -2.35. The highest BCUT2D eigenvalue weighted by atomic mass is 79.9. The van der Waals surface area contributed by atoms with Crippen LogP contribution in [0.15, 0.2) is 27.1 Å². The van der Waals surface area contributed by atoms with E-state index in [1.54, 1.807) is 0 Å². The fourth-order valence-electron chi connectivity index (χ4n) is 2.85. The van der Waals surface area contributed by atoms with Gasteiger partial charge in [0.1, 0.15) is 0 Å². The van der Waals surface area contributed by atoms with Crippen LogP contribution in [-0.2, 0) is 0 Å². The Kier molecular flexibility index (Phi) is 7.82. The maximum Gasteiger partial charge on any atom is 0.0377 e. The summed E-state index contributed by atoms with van der Waals surface area (Å²) in [6, 6.07) is 7.35. The first kappa shape index (κ1) is 18.7. The largest absolute Gasteiger partial charge is 0.314 e. The van der Waals surface area contributed by atoms with Gasteiger partial charge in [0, 0.05) is 41.2 Å². The van der Waals surface area contributed by atoms with Gasteiger partial charge in [0.2, 0.25) is 0 Å². The maximum atomic E-state index is 3.63. The van der Waals surface area contributed by atoms with Crippen molar-refractivity contribution in [1.29, 1.82) is 0 Å². The molecule has 1 aromatic rings. The van der Waals surface area contributed by atoms with Crippen LogP contribution in [-0.4, -0.2) is 31.1 Å². The maximum absolute atomic E-state index is 3.63. The van der Waals surface area contributed by atoms with Crippen molar-refractivity contribution in [2.45, 2.75) is 18.9 Å². The molecule has 0 aromatic heterocycles. The molecule has 6 heteroatoms. The third kappa shape index (κ3) is 4.34. The summed E-state index contributed by atoms with van der Waals surface area (Å²) in [6.07, 6.45) is 2.78. The first-order valence-electron chi connectivity index (χ1n) is 6.65. The molecule has 0 unspecified atom stereocenters. The highest BCUT2D eigenvalue weighted by Crippen LogP contribution is 2.45. The van der Waals surface area contributed by atoms with E-state index in [0.717, 1.165) is 23.5 Å². The average molecular weight is 447 g/mol. The highest BCUT2D eigenvalue weighted by molar-refractivity contribution is 9.13. The zero-order valence-electron chi connectivity index (χ0n) is 11.1. The molecule has 1 N–H and O–H groups in total. The third-order valence-electron chi connectivity index (χ3n) is 3.90. The number of hydrogen-bond donors (Lipinski definition) is 1. The molecule has 1 aliphatic carbocycles.